The zero-order valence-electron chi connectivity index (χ0n) is 15.4. The Balaban J connectivity index is 1.83. The summed E-state index contributed by atoms with van der Waals surface area (Å²) in [4.78, 5) is 28.1. The highest BCUT2D eigenvalue weighted by Gasteiger charge is 2.22. The Bertz CT molecular complexity index is 926. The molecule has 0 saturated heterocycles. The first-order valence-electron chi connectivity index (χ1n) is 8.83. The molecule has 5 N–H and O–H groups in total. The minimum Gasteiger partial charge on any atom is -0.477 e. The van der Waals surface area contributed by atoms with E-state index in [9.17, 15) is 14.7 Å². The summed E-state index contributed by atoms with van der Waals surface area (Å²) < 4.78 is 7.14. The molecule has 0 bridgehead atoms. The van der Waals surface area contributed by atoms with Gasteiger partial charge in [-0.05, 0) is 25.0 Å². The van der Waals surface area contributed by atoms with Crippen LogP contribution in [0.5, 0.6) is 0 Å². The molecule has 0 atom stereocenters. The van der Waals surface area contributed by atoms with E-state index in [1.165, 1.54) is 0 Å². The molecule has 1 aromatic heterocycles. The summed E-state index contributed by atoms with van der Waals surface area (Å²) >= 11 is 0. The average Bonchev–Trinajstić information content (AvgIpc) is 3.49. The van der Waals surface area contributed by atoms with Crippen molar-refractivity contribution >= 4 is 23.7 Å². The Morgan fingerprint density at radius 2 is 2.32 bits per heavy atom. The van der Waals surface area contributed by atoms with Crippen LogP contribution in [0.2, 0.25) is 0 Å². The van der Waals surface area contributed by atoms with Gasteiger partial charge in [-0.25, -0.2) is 9.79 Å². The molecule has 1 fully saturated rings. The molecule has 1 aliphatic carbocycles. The van der Waals surface area contributed by atoms with Crippen LogP contribution in [0.1, 0.15) is 12.8 Å². The van der Waals surface area contributed by atoms with Gasteiger partial charge in [0.25, 0.3) is 5.56 Å². The first-order chi connectivity index (χ1) is 13.5. The summed E-state index contributed by atoms with van der Waals surface area (Å²) in [5.74, 6) is -0.549. The standard InChI is InChI=1S/C18H22N6O4/c1-20-14-9-15(23-16(22-14)12(10-19)18(26)27)21-13-3-2-6-24(17(13)25)7-8-28-11-4-5-11/h2-3,6,9-11,19-20,22H,4-5,7-8H2,1H3,(H,21,23)(H,26,27)/b16-12-,19-10?. The molecule has 0 unspecified atom stereocenters. The number of rotatable bonds is 8. The van der Waals surface area contributed by atoms with Crippen molar-refractivity contribution in [3.05, 3.63) is 52.0 Å². The summed E-state index contributed by atoms with van der Waals surface area (Å²) in [5, 5.41) is 25.1. The maximum Gasteiger partial charge on any atom is 0.341 e. The number of amidine groups is 1. The van der Waals surface area contributed by atoms with E-state index in [0.717, 1.165) is 12.8 Å². The summed E-state index contributed by atoms with van der Waals surface area (Å²) in [6.07, 6.45) is 6.47. The summed E-state index contributed by atoms with van der Waals surface area (Å²) in [7, 11) is 1.65. The molecule has 28 heavy (non-hydrogen) atoms. The summed E-state index contributed by atoms with van der Waals surface area (Å²) in [5.41, 5.74) is -0.242. The number of ether oxygens (including phenoxy) is 1. The lowest BCUT2D eigenvalue weighted by molar-refractivity contribution is -0.132. The Hall–Kier alpha value is -3.40. The highest BCUT2D eigenvalue weighted by atomic mass is 16.5. The van der Waals surface area contributed by atoms with Crippen LogP contribution < -0.4 is 21.5 Å². The second-order valence-electron chi connectivity index (χ2n) is 6.26. The molecule has 1 aliphatic heterocycles. The number of anilines is 1. The van der Waals surface area contributed by atoms with Gasteiger partial charge in [0.05, 0.1) is 12.7 Å². The fourth-order valence-electron chi connectivity index (χ4n) is 2.54. The van der Waals surface area contributed by atoms with Crippen molar-refractivity contribution in [2.24, 2.45) is 4.99 Å². The zero-order chi connectivity index (χ0) is 20.1. The molecule has 0 radical (unpaired) electrons. The number of nitrogens with zero attached hydrogens (tertiary/aromatic N) is 2. The SMILES string of the molecule is CNC1=CC(Nc2cccn(CCOC3CC3)c2=O)=N/C(=C(/C=N)C(=O)O)N1. The van der Waals surface area contributed by atoms with Crippen molar-refractivity contribution in [1.29, 1.82) is 5.41 Å². The van der Waals surface area contributed by atoms with Gasteiger partial charge >= 0.3 is 5.97 Å². The molecule has 2 aliphatic rings. The maximum absolute atomic E-state index is 12.7. The van der Waals surface area contributed by atoms with Crippen LogP contribution in [0.3, 0.4) is 0 Å². The summed E-state index contributed by atoms with van der Waals surface area (Å²) in [6.45, 7) is 0.912. The van der Waals surface area contributed by atoms with Gasteiger partial charge in [-0.1, -0.05) is 0 Å². The number of carbonyl (C=O) groups is 1. The van der Waals surface area contributed by atoms with Crippen LogP contribution in [-0.2, 0) is 16.1 Å². The number of aliphatic carboxylic acids is 1. The molecule has 148 valence electrons. The Kier molecular flexibility index (Phi) is 5.90. The fraction of sp³-hybridized carbons (Fsp3) is 0.333. The van der Waals surface area contributed by atoms with Gasteiger partial charge in [-0.2, -0.15) is 0 Å². The monoisotopic (exact) mass is 386 g/mol. The van der Waals surface area contributed by atoms with Crippen molar-refractivity contribution in [2.45, 2.75) is 25.5 Å². The van der Waals surface area contributed by atoms with Crippen LogP contribution >= 0.6 is 0 Å². The average molecular weight is 386 g/mol. The number of nitrogens with one attached hydrogen (secondary N) is 4. The van der Waals surface area contributed by atoms with Crippen molar-refractivity contribution in [2.75, 3.05) is 19.0 Å². The Morgan fingerprint density at radius 1 is 1.54 bits per heavy atom. The molecule has 1 saturated carbocycles. The number of aromatic nitrogens is 1. The van der Waals surface area contributed by atoms with E-state index in [2.05, 4.69) is 20.9 Å². The van der Waals surface area contributed by atoms with Crippen LogP contribution in [-0.4, -0.2) is 47.5 Å². The minimum absolute atomic E-state index is 0.00839. The van der Waals surface area contributed by atoms with Crippen molar-refractivity contribution in [1.82, 2.24) is 15.2 Å². The number of hydrogen-bond acceptors (Lipinski definition) is 8. The molecule has 1 aromatic rings. The van der Waals surface area contributed by atoms with E-state index in [1.54, 1.807) is 36.0 Å². The highest BCUT2D eigenvalue weighted by Crippen LogP contribution is 2.23. The molecule has 10 nitrogen and oxygen atoms in total. The van der Waals surface area contributed by atoms with Gasteiger partial charge in [-0.15, -0.1) is 0 Å². The van der Waals surface area contributed by atoms with E-state index in [-0.39, 0.29) is 22.8 Å². The van der Waals surface area contributed by atoms with Crippen LogP contribution in [0.15, 0.2) is 51.4 Å². The largest absolute Gasteiger partial charge is 0.477 e. The first kappa shape index (κ1) is 19.4. The maximum atomic E-state index is 12.7. The smallest absolute Gasteiger partial charge is 0.341 e. The number of hydrogen-bond donors (Lipinski definition) is 5. The normalized spacial score (nSPS) is 17.8. The molecule has 2 heterocycles. The molecular formula is C18H22N6O4. The van der Waals surface area contributed by atoms with E-state index in [0.29, 0.717) is 37.0 Å². The lowest BCUT2D eigenvalue weighted by atomic mass is 10.2. The van der Waals surface area contributed by atoms with Crippen LogP contribution in [0.25, 0.3) is 0 Å². The minimum atomic E-state index is -1.28. The highest BCUT2D eigenvalue weighted by molar-refractivity contribution is 6.10. The number of carboxylic acids is 1. The molecule has 3 rings (SSSR count). The quantitative estimate of drug-likeness (QED) is 0.323. The first-order valence-corrected chi connectivity index (χ1v) is 8.83. The predicted molar refractivity (Wildman–Crippen MR) is 104 cm³/mol. The van der Waals surface area contributed by atoms with Crippen LogP contribution in [0.4, 0.5) is 5.69 Å². The van der Waals surface area contributed by atoms with Gasteiger partial charge in [0, 0.05) is 32.1 Å². The second kappa shape index (κ2) is 8.53. The molecular weight excluding hydrogens is 364 g/mol. The lowest BCUT2D eigenvalue weighted by Crippen LogP contribution is -2.33. The molecule has 0 spiro atoms. The van der Waals surface area contributed by atoms with Crippen molar-refractivity contribution < 1.29 is 14.6 Å². The number of pyridine rings is 1. The second-order valence-corrected chi connectivity index (χ2v) is 6.26. The van der Waals surface area contributed by atoms with Gasteiger partial charge < -0.3 is 35.8 Å². The van der Waals surface area contributed by atoms with Gasteiger partial charge in [-0.3, -0.25) is 4.79 Å². The Morgan fingerprint density at radius 3 is 2.96 bits per heavy atom. The molecule has 0 amide bonds. The molecule has 0 aromatic carbocycles. The zero-order valence-corrected chi connectivity index (χ0v) is 15.4. The van der Waals surface area contributed by atoms with E-state index >= 15 is 0 Å². The Labute approximate surface area is 161 Å². The van der Waals surface area contributed by atoms with Crippen molar-refractivity contribution in [3.63, 3.8) is 0 Å². The third kappa shape index (κ3) is 4.65. The van der Waals surface area contributed by atoms with Gasteiger partial charge in [0.2, 0.25) is 0 Å². The van der Waals surface area contributed by atoms with Crippen molar-refractivity contribution in [3.8, 4) is 0 Å². The third-order valence-corrected chi connectivity index (χ3v) is 4.16. The molecule has 10 heteroatoms. The number of carboxylic acid groups (broad SMARTS) is 1. The fourth-order valence-corrected chi connectivity index (χ4v) is 2.54. The van der Waals surface area contributed by atoms with Gasteiger partial charge in [0.1, 0.15) is 28.7 Å². The predicted octanol–water partition coefficient (Wildman–Crippen LogP) is 0.447. The third-order valence-electron chi connectivity index (χ3n) is 4.16. The van der Waals surface area contributed by atoms with E-state index < -0.39 is 5.97 Å². The summed E-state index contributed by atoms with van der Waals surface area (Å²) in [6, 6.07) is 3.36. The number of aliphatic imine (C=N–C) groups is 1. The van der Waals surface area contributed by atoms with E-state index in [1.807, 2.05) is 0 Å². The van der Waals surface area contributed by atoms with E-state index in [4.69, 9.17) is 10.1 Å². The van der Waals surface area contributed by atoms with Gasteiger partial charge in [0.15, 0.2) is 0 Å². The van der Waals surface area contributed by atoms with Crippen LogP contribution in [0, 0.1) is 5.41 Å². The topological polar surface area (TPSA) is 141 Å². The lowest BCUT2D eigenvalue weighted by Gasteiger charge is -2.19.